The smallest absolute Gasteiger partial charge is 0.273 e. The number of benzene rings is 2. The van der Waals surface area contributed by atoms with Crippen molar-refractivity contribution in [2.45, 2.75) is 6.42 Å². The minimum Gasteiger partial charge on any atom is -0.497 e. The predicted octanol–water partition coefficient (Wildman–Crippen LogP) is 2.49. The molecule has 7 nitrogen and oxygen atoms in total. The van der Waals surface area contributed by atoms with Crippen molar-refractivity contribution in [2.75, 3.05) is 38.2 Å². The van der Waals surface area contributed by atoms with E-state index in [0.29, 0.717) is 18.7 Å². The van der Waals surface area contributed by atoms with Crippen LogP contribution in [-0.4, -0.2) is 49.0 Å². The van der Waals surface area contributed by atoms with E-state index in [1.165, 1.54) is 6.07 Å². The first-order valence-electron chi connectivity index (χ1n) is 8.47. The van der Waals surface area contributed by atoms with Gasteiger partial charge in [-0.1, -0.05) is 18.2 Å². The van der Waals surface area contributed by atoms with Gasteiger partial charge in [-0.2, -0.15) is 0 Å². The molecule has 1 saturated heterocycles. The number of nitro groups is 1. The van der Waals surface area contributed by atoms with Crippen LogP contribution in [0.4, 0.5) is 11.4 Å². The van der Waals surface area contributed by atoms with Crippen LogP contribution in [-0.2, 0) is 11.2 Å². The number of anilines is 1. The summed E-state index contributed by atoms with van der Waals surface area (Å²) in [6.45, 7) is 2.67. The van der Waals surface area contributed by atoms with Crippen molar-refractivity contribution in [1.29, 1.82) is 0 Å². The van der Waals surface area contributed by atoms with Crippen LogP contribution in [0.5, 0.6) is 5.75 Å². The highest BCUT2D eigenvalue weighted by Gasteiger charge is 2.23. The first kappa shape index (κ1) is 17.7. The van der Waals surface area contributed by atoms with Crippen molar-refractivity contribution in [3.8, 4) is 5.75 Å². The highest BCUT2D eigenvalue weighted by molar-refractivity contribution is 5.80. The molecule has 0 saturated carbocycles. The number of amides is 1. The van der Waals surface area contributed by atoms with E-state index in [9.17, 15) is 14.9 Å². The zero-order chi connectivity index (χ0) is 18.5. The standard InChI is InChI=1S/C19H21N3O4/c1-26-17-8-6-16(7-9-17)20-10-12-21(13-11-20)19(23)14-15-4-2-3-5-18(15)22(24)25/h2-9H,10-14H2,1H3. The molecule has 7 heteroatoms. The molecule has 0 radical (unpaired) electrons. The van der Waals surface area contributed by atoms with Crippen molar-refractivity contribution < 1.29 is 14.5 Å². The second kappa shape index (κ2) is 7.86. The van der Waals surface area contributed by atoms with E-state index in [1.807, 2.05) is 24.3 Å². The zero-order valence-electron chi connectivity index (χ0n) is 14.6. The number of hydrogen-bond donors (Lipinski definition) is 0. The summed E-state index contributed by atoms with van der Waals surface area (Å²) in [5, 5.41) is 11.1. The molecule has 1 heterocycles. The molecule has 2 aromatic rings. The number of nitrogens with zero attached hydrogens (tertiary/aromatic N) is 3. The van der Waals surface area contributed by atoms with E-state index >= 15 is 0 Å². The van der Waals surface area contributed by atoms with Crippen molar-refractivity contribution >= 4 is 17.3 Å². The first-order valence-corrected chi connectivity index (χ1v) is 8.47. The van der Waals surface area contributed by atoms with Gasteiger partial charge in [-0.25, -0.2) is 0 Å². The third-order valence-electron chi connectivity index (χ3n) is 4.60. The third kappa shape index (κ3) is 3.93. The van der Waals surface area contributed by atoms with E-state index in [-0.39, 0.29) is 18.0 Å². The van der Waals surface area contributed by atoms with Gasteiger partial charge in [0.25, 0.3) is 5.69 Å². The summed E-state index contributed by atoms with van der Waals surface area (Å²) in [5.74, 6) is 0.737. The van der Waals surface area contributed by atoms with Gasteiger partial charge in [0.1, 0.15) is 5.75 Å². The Labute approximate surface area is 151 Å². The Kier molecular flexibility index (Phi) is 5.36. The Morgan fingerprint density at radius 3 is 2.35 bits per heavy atom. The highest BCUT2D eigenvalue weighted by Crippen LogP contribution is 2.22. The van der Waals surface area contributed by atoms with Crippen molar-refractivity contribution in [2.24, 2.45) is 0 Å². The normalized spacial score (nSPS) is 14.2. The monoisotopic (exact) mass is 355 g/mol. The fraction of sp³-hybridized carbons (Fsp3) is 0.316. The van der Waals surface area contributed by atoms with Crippen molar-refractivity contribution in [3.05, 3.63) is 64.2 Å². The lowest BCUT2D eigenvalue weighted by Gasteiger charge is -2.36. The first-order chi connectivity index (χ1) is 12.6. The summed E-state index contributed by atoms with van der Waals surface area (Å²) in [7, 11) is 1.64. The number of piperazine rings is 1. The highest BCUT2D eigenvalue weighted by atomic mass is 16.6. The molecular weight excluding hydrogens is 334 g/mol. The molecule has 0 spiro atoms. The van der Waals surface area contributed by atoms with Crippen molar-refractivity contribution in [3.63, 3.8) is 0 Å². The molecule has 2 aromatic carbocycles. The van der Waals surface area contributed by atoms with Crippen LogP contribution in [0.25, 0.3) is 0 Å². The van der Waals surface area contributed by atoms with E-state index in [2.05, 4.69) is 4.90 Å². The summed E-state index contributed by atoms with van der Waals surface area (Å²) < 4.78 is 5.17. The Morgan fingerprint density at radius 2 is 1.73 bits per heavy atom. The fourth-order valence-corrected chi connectivity index (χ4v) is 3.12. The predicted molar refractivity (Wildman–Crippen MR) is 98.6 cm³/mol. The van der Waals surface area contributed by atoms with Crippen LogP contribution >= 0.6 is 0 Å². The maximum Gasteiger partial charge on any atom is 0.273 e. The molecule has 0 N–H and O–H groups in total. The SMILES string of the molecule is COc1ccc(N2CCN(C(=O)Cc3ccccc3[N+](=O)[O-])CC2)cc1. The van der Waals surface area contributed by atoms with E-state index in [4.69, 9.17) is 4.74 Å². The Morgan fingerprint density at radius 1 is 1.08 bits per heavy atom. The molecule has 0 bridgehead atoms. The number of ether oxygens (including phenoxy) is 1. The second-order valence-electron chi connectivity index (χ2n) is 6.13. The van der Waals surface area contributed by atoms with Gasteiger partial charge in [0.05, 0.1) is 18.5 Å². The Hall–Kier alpha value is -3.09. The molecule has 1 aliphatic heterocycles. The lowest BCUT2D eigenvalue weighted by atomic mass is 10.1. The van der Waals surface area contributed by atoms with Gasteiger partial charge in [-0.3, -0.25) is 14.9 Å². The maximum absolute atomic E-state index is 12.5. The molecule has 0 unspecified atom stereocenters. The van der Waals surface area contributed by atoms with Gasteiger partial charge >= 0.3 is 0 Å². The van der Waals surface area contributed by atoms with Gasteiger partial charge in [-0.05, 0) is 24.3 Å². The van der Waals surface area contributed by atoms with E-state index in [0.717, 1.165) is 24.5 Å². The molecule has 136 valence electrons. The lowest BCUT2D eigenvalue weighted by Crippen LogP contribution is -2.49. The van der Waals surface area contributed by atoms with Gasteiger partial charge in [0.15, 0.2) is 0 Å². The summed E-state index contributed by atoms with van der Waals surface area (Å²) in [5.41, 5.74) is 1.55. The molecule has 3 rings (SSSR count). The van der Waals surface area contributed by atoms with Crippen LogP contribution in [0.3, 0.4) is 0 Å². The number of para-hydroxylation sites is 1. The maximum atomic E-state index is 12.5. The van der Waals surface area contributed by atoms with Gasteiger partial charge in [-0.15, -0.1) is 0 Å². The largest absolute Gasteiger partial charge is 0.497 e. The van der Waals surface area contributed by atoms with Gasteiger partial charge < -0.3 is 14.5 Å². The molecule has 1 fully saturated rings. The van der Waals surface area contributed by atoms with Crippen LogP contribution < -0.4 is 9.64 Å². The summed E-state index contributed by atoms with van der Waals surface area (Å²) >= 11 is 0. The molecule has 1 aliphatic rings. The van der Waals surface area contributed by atoms with E-state index in [1.54, 1.807) is 30.2 Å². The minimum absolute atomic E-state index is 0.00211. The van der Waals surface area contributed by atoms with Gasteiger partial charge in [0, 0.05) is 43.5 Å². The molecule has 26 heavy (non-hydrogen) atoms. The van der Waals surface area contributed by atoms with Crippen LogP contribution in [0.15, 0.2) is 48.5 Å². The second-order valence-corrected chi connectivity index (χ2v) is 6.13. The fourth-order valence-electron chi connectivity index (χ4n) is 3.12. The van der Waals surface area contributed by atoms with Crippen LogP contribution in [0.1, 0.15) is 5.56 Å². The molecule has 0 atom stereocenters. The van der Waals surface area contributed by atoms with Gasteiger partial charge in [0.2, 0.25) is 5.91 Å². The van der Waals surface area contributed by atoms with Crippen LogP contribution in [0.2, 0.25) is 0 Å². The number of methoxy groups -OCH3 is 1. The quantitative estimate of drug-likeness (QED) is 0.608. The summed E-state index contributed by atoms with van der Waals surface area (Å²) in [6, 6.07) is 14.3. The molecule has 0 aliphatic carbocycles. The van der Waals surface area contributed by atoms with Crippen molar-refractivity contribution in [1.82, 2.24) is 4.90 Å². The number of carbonyl (C=O) groups excluding carboxylic acids is 1. The minimum atomic E-state index is -0.440. The number of nitro benzene ring substituents is 1. The number of hydrogen-bond acceptors (Lipinski definition) is 5. The average molecular weight is 355 g/mol. The summed E-state index contributed by atoms with van der Waals surface area (Å²) in [6.07, 6.45) is 0.0552. The van der Waals surface area contributed by atoms with Crippen LogP contribution in [0, 0.1) is 10.1 Å². The lowest BCUT2D eigenvalue weighted by molar-refractivity contribution is -0.385. The van der Waals surface area contributed by atoms with E-state index < -0.39 is 4.92 Å². The Balaban J connectivity index is 1.59. The summed E-state index contributed by atoms with van der Waals surface area (Å²) in [4.78, 5) is 27.2. The Bertz CT molecular complexity index is 784. The topological polar surface area (TPSA) is 75.9 Å². The number of carbonyl (C=O) groups is 1. The average Bonchev–Trinajstić information content (AvgIpc) is 2.68. The molecule has 1 amide bonds. The third-order valence-corrected chi connectivity index (χ3v) is 4.60. The molecule has 0 aromatic heterocycles. The zero-order valence-corrected chi connectivity index (χ0v) is 14.6. The molecular formula is C19H21N3O4. The number of rotatable bonds is 5.